The van der Waals surface area contributed by atoms with Crippen molar-refractivity contribution < 1.29 is 61.5 Å². The molecule has 6 nitrogen and oxygen atoms in total. The van der Waals surface area contributed by atoms with Crippen molar-refractivity contribution in [3.63, 3.8) is 0 Å². The number of hydrogen-bond donors (Lipinski definition) is 0. The Kier molecular flexibility index (Phi) is 24.1. The van der Waals surface area contributed by atoms with E-state index in [0.29, 0.717) is 0 Å². The van der Waals surface area contributed by atoms with Crippen LogP contribution in [0.3, 0.4) is 0 Å². The first kappa shape index (κ1) is 29.2. The molecule has 22 heavy (non-hydrogen) atoms. The van der Waals surface area contributed by atoms with Gasteiger partial charge in [0.25, 0.3) is 0 Å². The number of hydrogen-bond acceptors (Lipinski definition) is 6. The molecular formula is C15H24O6Y+3. The van der Waals surface area contributed by atoms with Crippen LogP contribution in [0.4, 0.5) is 0 Å². The van der Waals surface area contributed by atoms with Crippen LogP contribution in [-0.4, -0.2) is 34.7 Å². The maximum atomic E-state index is 10.0. The summed E-state index contributed by atoms with van der Waals surface area (Å²) in [5.74, 6) is -0.375. The van der Waals surface area contributed by atoms with Crippen LogP contribution < -0.4 is 0 Å². The molecule has 0 aliphatic rings. The van der Waals surface area contributed by atoms with Crippen molar-refractivity contribution in [1.82, 2.24) is 0 Å². The topological polar surface area (TPSA) is 102 Å². The van der Waals surface area contributed by atoms with Gasteiger partial charge < -0.3 is 0 Å². The summed E-state index contributed by atoms with van der Waals surface area (Å²) in [6, 6.07) is 0. The molecule has 0 N–H and O–H groups in total. The summed E-state index contributed by atoms with van der Waals surface area (Å²) < 4.78 is 0. The van der Waals surface area contributed by atoms with E-state index in [9.17, 15) is 28.8 Å². The number of rotatable bonds is 6. The average Bonchev–Trinajstić information content (AvgIpc) is 2.10. The molecule has 7 heteroatoms. The molecule has 0 aromatic rings. The third-order valence-corrected chi connectivity index (χ3v) is 1.49. The quantitative estimate of drug-likeness (QED) is 0.641. The van der Waals surface area contributed by atoms with E-state index in [-0.39, 0.29) is 86.7 Å². The van der Waals surface area contributed by atoms with Crippen LogP contribution >= 0.6 is 0 Å². The van der Waals surface area contributed by atoms with Gasteiger partial charge in [-0.25, -0.2) is 0 Å². The van der Waals surface area contributed by atoms with Crippen LogP contribution in [0.5, 0.6) is 0 Å². The van der Waals surface area contributed by atoms with Crippen LogP contribution in [-0.2, 0) is 61.5 Å². The molecule has 0 fully saturated rings. The van der Waals surface area contributed by atoms with Crippen LogP contribution in [0.1, 0.15) is 60.8 Å². The number of carbonyl (C=O) groups excluding carboxylic acids is 6. The fraction of sp³-hybridized carbons (Fsp3) is 0.600. The molecule has 0 amide bonds. The first-order valence-corrected chi connectivity index (χ1v) is 6.35. The van der Waals surface area contributed by atoms with Crippen molar-refractivity contribution in [1.29, 1.82) is 0 Å². The van der Waals surface area contributed by atoms with Crippen LogP contribution in [0.15, 0.2) is 0 Å². The summed E-state index contributed by atoms with van der Waals surface area (Å²) in [6.07, 6.45) is 0.250. The minimum Gasteiger partial charge on any atom is -0.300 e. The van der Waals surface area contributed by atoms with E-state index in [1.54, 1.807) is 0 Å². The Morgan fingerprint density at radius 3 is 0.500 bits per heavy atom. The second-order valence-electron chi connectivity index (χ2n) is 4.74. The van der Waals surface area contributed by atoms with Crippen LogP contribution in [0.2, 0.25) is 0 Å². The van der Waals surface area contributed by atoms with Gasteiger partial charge in [-0.05, 0) is 41.5 Å². The molecule has 0 radical (unpaired) electrons. The van der Waals surface area contributed by atoms with Gasteiger partial charge in [-0.15, -0.1) is 0 Å². The zero-order chi connectivity index (χ0) is 17.6. The van der Waals surface area contributed by atoms with Gasteiger partial charge >= 0.3 is 32.7 Å². The Balaban J connectivity index is -0.000000108. The smallest absolute Gasteiger partial charge is 0.300 e. The molecule has 120 valence electrons. The summed E-state index contributed by atoms with van der Waals surface area (Å²) in [5, 5.41) is 0. The van der Waals surface area contributed by atoms with E-state index in [2.05, 4.69) is 0 Å². The maximum absolute atomic E-state index is 10.0. The molecule has 0 saturated carbocycles. The Morgan fingerprint density at radius 2 is 0.500 bits per heavy atom. The Morgan fingerprint density at radius 1 is 0.409 bits per heavy atom. The normalized spacial score (nSPS) is 7.91. The minimum absolute atomic E-state index is 0. The number of ketones is 6. The van der Waals surface area contributed by atoms with Gasteiger partial charge in [-0.3, -0.25) is 28.8 Å². The van der Waals surface area contributed by atoms with Crippen molar-refractivity contribution in [3.05, 3.63) is 0 Å². The van der Waals surface area contributed by atoms with Crippen molar-refractivity contribution in [2.24, 2.45) is 0 Å². The third kappa shape index (κ3) is 50.8. The average molecular weight is 389 g/mol. The van der Waals surface area contributed by atoms with Gasteiger partial charge in [0.15, 0.2) is 0 Å². The van der Waals surface area contributed by atoms with E-state index in [1.807, 2.05) is 0 Å². The molecule has 0 atom stereocenters. The molecule has 0 spiro atoms. The molecule has 0 aromatic heterocycles. The van der Waals surface area contributed by atoms with E-state index in [0.717, 1.165) is 0 Å². The van der Waals surface area contributed by atoms with E-state index >= 15 is 0 Å². The Labute approximate surface area is 156 Å². The third-order valence-electron chi connectivity index (χ3n) is 1.49. The first-order valence-electron chi connectivity index (χ1n) is 6.35. The zero-order valence-corrected chi connectivity index (χ0v) is 17.0. The van der Waals surface area contributed by atoms with Gasteiger partial charge in [0, 0.05) is 0 Å². The van der Waals surface area contributed by atoms with Gasteiger partial charge in [-0.1, -0.05) is 0 Å². The van der Waals surface area contributed by atoms with E-state index in [1.165, 1.54) is 41.5 Å². The predicted octanol–water partition coefficient (Wildman–Crippen LogP) is 1.66. The summed E-state index contributed by atoms with van der Waals surface area (Å²) in [5.41, 5.74) is 0. The van der Waals surface area contributed by atoms with Gasteiger partial charge in [-0.2, -0.15) is 0 Å². The maximum Gasteiger partial charge on any atom is 3.00 e. The number of Topliss-reactive ketones (excluding diaryl/α,β-unsaturated/α-hetero) is 6. The van der Waals surface area contributed by atoms with Gasteiger partial charge in [0.1, 0.15) is 34.7 Å². The first-order chi connectivity index (χ1) is 9.38. The Bertz CT molecular complexity index is 314. The second kappa shape index (κ2) is 18.2. The van der Waals surface area contributed by atoms with Gasteiger partial charge in [0.2, 0.25) is 0 Å². The Hall–Kier alpha value is -0.876. The molecule has 0 bridgehead atoms. The molecule has 0 unspecified atom stereocenters. The standard InChI is InChI=1S/3C5H8O2.Y/c3*1-4(6)3-5(2)7;/h3*3H2,1-2H3;/q;;;+3. The molecule has 0 aromatic carbocycles. The summed E-state index contributed by atoms with van der Waals surface area (Å²) in [7, 11) is 0. The van der Waals surface area contributed by atoms with Crippen molar-refractivity contribution in [2.75, 3.05) is 0 Å². The minimum atomic E-state index is -0.0625. The van der Waals surface area contributed by atoms with Crippen molar-refractivity contribution >= 4 is 34.7 Å². The second-order valence-corrected chi connectivity index (χ2v) is 4.74. The molecule has 0 rings (SSSR count). The fourth-order valence-electron chi connectivity index (χ4n) is 1.05. The zero-order valence-electron chi connectivity index (χ0n) is 14.1. The molecule has 0 heterocycles. The van der Waals surface area contributed by atoms with E-state index < -0.39 is 0 Å². The largest absolute Gasteiger partial charge is 3.00 e. The summed E-state index contributed by atoms with van der Waals surface area (Å²) in [4.78, 5) is 60.2. The van der Waals surface area contributed by atoms with Crippen molar-refractivity contribution in [2.45, 2.75) is 60.8 Å². The van der Waals surface area contributed by atoms with Crippen molar-refractivity contribution in [3.8, 4) is 0 Å². The number of carbonyl (C=O) groups is 6. The molecule has 0 aliphatic heterocycles. The molecule has 0 aliphatic carbocycles. The van der Waals surface area contributed by atoms with Crippen LogP contribution in [0, 0.1) is 0 Å². The SMILES string of the molecule is CC(=O)CC(C)=O.CC(=O)CC(C)=O.CC(=O)CC(C)=O.[Y+3]. The molecular weight excluding hydrogens is 365 g/mol. The molecule has 0 saturated heterocycles. The van der Waals surface area contributed by atoms with E-state index in [4.69, 9.17) is 0 Å². The fourth-order valence-corrected chi connectivity index (χ4v) is 1.05. The summed E-state index contributed by atoms with van der Waals surface area (Å²) in [6.45, 7) is 8.42. The monoisotopic (exact) mass is 389 g/mol. The van der Waals surface area contributed by atoms with Crippen LogP contribution in [0.25, 0.3) is 0 Å². The predicted molar refractivity (Wildman–Crippen MR) is 77.9 cm³/mol. The summed E-state index contributed by atoms with van der Waals surface area (Å²) >= 11 is 0. The van der Waals surface area contributed by atoms with Gasteiger partial charge in [0.05, 0.1) is 19.3 Å².